The summed E-state index contributed by atoms with van der Waals surface area (Å²) >= 11 is 6.05. The van der Waals surface area contributed by atoms with Crippen molar-refractivity contribution < 1.29 is 5.11 Å². The summed E-state index contributed by atoms with van der Waals surface area (Å²) < 4.78 is 0. The molecule has 90 valence electrons. The van der Waals surface area contributed by atoms with Crippen LogP contribution in [0, 0.1) is 5.92 Å². The second-order valence-corrected chi connectivity index (χ2v) is 4.95. The highest BCUT2D eigenvalue weighted by molar-refractivity contribution is 6.31. The zero-order valence-electron chi connectivity index (χ0n) is 10.2. The van der Waals surface area contributed by atoms with Gasteiger partial charge in [0.05, 0.1) is 6.61 Å². The lowest BCUT2D eigenvalue weighted by Gasteiger charge is -2.21. The molecule has 1 aromatic carbocycles. The molecule has 0 radical (unpaired) electrons. The maximum absolute atomic E-state index is 9.03. The van der Waals surface area contributed by atoms with Gasteiger partial charge in [0.15, 0.2) is 0 Å². The van der Waals surface area contributed by atoms with Crippen molar-refractivity contribution in [1.82, 2.24) is 0 Å². The van der Waals surface area contributed by atoms with Crippen molar-refractivity contribution in [3.63, 3.8) is 0 Å². The Morgan fingerprint density at radius 2 is 2.06 bits per heavy atom. The van der Waals surface area contributed by atoms with E-state index in [2.05, 4.69) is 25.8 Å². The first-order chi connectivity index (χ1) is 7.54. The molecule has 0 atom stereocenters. The lowest BCUT2D eigenvalue weighted by molar-refractivity contribution is 0.282. The van der Waals surface area contributed by atoms with Crippen LogP contribution in [-0.2, 0) is 6.61 Å². The predicted molar refractivity (Wildman–Crippen MR) is 70.1 cm³/mol. The van der Waals surface area contributed by atoms with Gasteiger partial charge >= 0.3 is 0 Å². The third kappa shape index (κ3) is 3.69. The average Bonchev–Trinajstić information content (AvgIpc) is 2.25. The van der Waals surface area contributed by atoms with Crippen molar-refractivity contribution in [2.24, 2.45) is 5.92 Å². The first-order valence-corrected chi connectivity index (χ1v) is 6.02. The minimum atomic E-state index is -0.00514. The number of anilines is 1. The molecule has 0 unspecified atom stereocenters. The number of rotatable bonds is 5. The van der Waals surface area contributed by atoms with Gasteiger partial charge < -0.3 is 10.0 Å². The molecule has 1 aromatic rings. The van der Waals surface area contributed by atoms with Crippen LogP contribution in [0.5, 0.6) is 0 Å². The Labute approximate surface area is 103 Å². The summed E-state index contributed by atoms with van der Waals surface area (Å²) in [7, 11) is 2.06. The third-order valence-corrected chi connectivity index (χ3v) is 3.04. The van der Waals surface area contributed by atoms with E-state index in [0.29, 0.717) is 10.9 Å². The van der Waals surface area contributed by atoms with Crippen molar-refractivity contribution in [2.75, 3.05) is 18.5 Å². The molecule has 0 aliphatic carbocycles. The molecule has 16 heavy (non-hydrogen) atoms. The van der Waals surface area contributed by atoms with E-state index in [9.17, 15) is 0 Å². The third-order valence-electron chi connectivity index (χ3n) is 2.69. The van der Waals surface area contributed by atoms with Crippen LogP contribution in [0.1, 0.15) is 25.8 Å². The van der Waals surface area contributed by atoms with E-state index in [1.165, 1.54) is 0 Å². The summed E-state index contributed by atoms with van der Waals surface area (Å²) in [5.74, 6) is 0.703. The molecule has 0 bridgehead atoms. The Morgan fingerprint density at radius 3 is 2.56 bits per heavy atom. The summed E-state index contributed by atoms with van der Waals surface area (Å²) in [4.78, 5) is 2.19. The highest BCUT2D eigenvalue weighted by Gasteiger charge is 2.05. The average molecular weight is 242 g/mol. The highest BCUT2D eigenvalue weighted by Crippen LogP contribution is 2.23. The SMILES string of the molecule is CC(C)CCN(C)c1ccc(CO)c(Cl)c1. The topological polar surface area (TPSA) is 23.5 Å². The molecule has 0 aromatic heterocycles. The van der Waals surface area contributed by atoms with Gasteiger partial charge in [-0.2, -0.15) is 0 Å². The normalized spacial score (nSPS) is 10.9. The maximum Gasteiger partial charge on any atom is 0.0696 e. The summed E-state index contributed by atoms with van der Waals surface area (Å²) in [5.41, 5.74) is 1.88. The van der Waals surface area contributed by atoms with Crippen LogP contribution in [0.3, 0.4) is 0 Å². The second kappa shape index (κ2) is 6.12. The quantitative estimate of drug-likeness (QED) is 0.855. The van der Waals surface area contributed by atoms with Gasteiger partial charge in [-0.3, -0.25) is 0 Å². The number of aliphatic hydroxyl groups excluding tert-OH is 1. The van der Waals surface area contributed by atoms with Crippen molar-refractivity contribution in [3.8, 4) is 0 Å². The van der Waals surface area contributed by atoms with Gasteiger partial charge in [-0.05, 0) is 30.0 Å². The van der Waals surface area contributed by atoms with Gasteiger partial charge in [0, 0.05) is 24.3 Å². The molecule has 0 spiro atoms. The standard InChI is InChI=1S/C13H20ClNO/c1-10(2)6-7-15(3)12-5-4-11(9-16)13(14)8-12/h4-5,8,10,16H,6-7,9H2,1-3H3. The number of halogens is 1. The molecule has 0 amide bonds. The molecule has 1 N–H and O–H groups in total. The zero-order chi connectivity index (χ0) is 12.1. The summed E-state index contributed by atoms with van der Waals surface area (Å²) in [6.45, 7) is 5.45. The molecule has 0 heterocycles. The second-order valence-electron chi connectivity index (χ2n) is 4.54. The van der Waals surface area contributed by atoms with Crippen LogP contribution < -0.4 is 4.90 Å². The van der Waals surface area contributed by atoms with E-state index in [1.807, 2.05) is 18.2 Å². The summed E-state index contributed by atoms with van der Waals surface area (Å²) in [6, 6.07) is 5.79. The Morgan fingerprint density at radius 1 is 1.38 bits per heavy atom. The minimum Gasteiger partial charge on any atom is -0.392 e. The van der Waals surface area contributed by atoms with Crippen LogP contribution in [0.2, 0.25) is 5.02 Å². The molecular formula is C13H20ClNO. The van der Waals surface area contributed by atoms with Gasteiger partial charge in [-0.25, -0.2) is 0 Å². The minimum absolute atomic E-state index is 0.00514. The zero-order valence-corrected chi connectivity index (χ0v) is 11.0. The maximum atomic E-state index is 9.03. The lowest BCUT2D eigenvalue weighted by Crippen LogP contribution is -2.19. The number of aliphatic hydroxyl groups is 1. The number of hydrogen-bond acceptors (Lipinski definition) is 2. The van der Waals surface area contributed by atoms with Crippen molar-refractivity contribution in [3.05, 3.63) is 28.8 Å². The van der Waals surface area contributed by atoms with E-state index in [-0.39, 0.29) is 6.61 Å². The van der Waals surface area contributed by atoms with Gasteiger partial charge in [-0.1, -0.05) is 31.5 Å². The van der Waals surface area contributed by atoms with Crippen molar-refractivity contribution >= 4 is 17.3 Å². The van der Waals surface area contributed by atoms with Crippen LogP contribution in [0.25, 0.3) is 0 Å². The fraction of sp³-hybridized carbons (Fsp3) is 0.538. The van der Waals surface area contributed by atoms with E-state index < -0.39 is 0 Å². The number of nitrogens with zero attached hydrogens (tertiary/aromatic N) is 1. The van der Waals surface area contributed by atoms with Crippen LogP contribution in [0.4, 0.5) is 5.69 Å². The summed E-state index contributed by atoms with van der Waals surface area (Å²) in [6.07, 6.45) is 1.16. The molecular weight excluding hydrogens is 222 g/mol. The Bertz CT molecular complexity index is 339. The molecule has 2 nitrogen and oxygen atoms in total. The van der Waals surface area contributed by atoms with Gasteiger partial charge in [0.25, 0.3) is 0 Å². The monoisotopic (exact) mass is 241 g/mol. The van der Waals surface area contributed by atoms with E-state index in [4.69, 9.17) is 16.7 Å². The van der Waals surface area contributed by atoms with E-state index in [1.54, 1.807) is 0 Å². The molecule has 3 heteroatoms. The molecule has 0 saturated heterocycles. The first-order valence-electron chi connectivity index (χ1n) is 5.65. The van der Waals surface area contributed by atoms with Gasteiger partial charge in [-0.15, -0.1) is 0 Å². The van der Waals surface area contributed by atoms with Crippen LogP contribution in [0.15, 0.2) is 18.2 Å². The molecule has 0 aliphatic heterocycles. The van der Waals surface area contributed by atoms with Gasteiger partial charge in [0.2, 0.25) is 0 Å². The fourth-order valence-corrected chi connectivity index (χ4v) is 1.72. The van der Waals surface area contributed by atoms with E-state index in [0.717, 1.165) is 24.2 Å². The summed E-state index contributed by atoms with van der Waals surface area (Å²) in [5, 5.41) is 9.66. The lowest BCUT2D eigenvalue weighted by atomic mass is 10.1. The Balaban J connectivity index is 2.69. The molecule has 1 rings (SSSR count). The van der Waals surface area contributed by atoms with Crippen molar-refractivity contribution in [1.29, 1.82) is 0 Å². The Kier molecular flexibility index (Phi) is 5.10. The number of benzene rings is 1. The van der Waals surface area contributed by atoms with Crippen molar-refractivity contribution in [2.45, 2.75) is 26.9 Å². The Hall–Kier alpha value is -0.730. The van der Waals surface area contributed by atoms with Crippen LogP contribution >= 0.6 is 11.6 Å². The van der Waals surface area contributed by atoms with E-state index >= 15 is 0 Å². The molecule has 0 aliphatic rings. The highest BCUT2D eigenvalue weighted by atomic mass is 35.5. The van der Waals surface area contributed by atoms with Gasteiger partial charge in [0.1, 0.15) is 0 Å². The van der Waals surface area contributed by atoms with Crippen LogP contribution in [-0.4, -0.2) is 18.7 Å². The first kappa shape index (κ1) is 13.3. The largest absolute Gasteiger partial charge is 0.392 e. The number of hydrogen-bond donors (Lipinski definition) is 1. The predicted octanol–water partition coefficient (Wildman–Crippen LogP) is 3.31. The fourth-order valence-electron chi connectivity index (χ4n) is 1.48. The molecule has 0 fully saturated rings. The molecule has 0 saturated carbocycles. The smallest absolute Gasteiger partial charge is 0.0696 e.